The van der Waals surface area contributed by atoms with Gasteiger partial charge in [0.25, 0.3) is 5.91 Å². The fourth-order valence-corrected chi connectivity index (χ4v) is 1.72. The quantitative estimate of drug-likeness (QED) is 0.739. The molecule has 0 saturated heterocycles. The summed E-state index contributed by atoms with van der Waals surface area (Å²) in [4.78, 5) is 12.0. The third kappa shape index (κ3) is 3.81. The van der Waals surface area contributed by atoms with Crippen molar-refractivity contribution >= 4 is 11.6 Å². The first kappa shape index (κ1) is 14.6. The van der Waals surface area contributed by atoms with E-state index in [2.05, 4.69) is 17.2 Å². The molecule has 0 bridgehead atoms. The van der Waals surface area contributed by atoms with Crippen molar-refractivity contribution in [2.75, 3.05) is 11.9 Å². The Hall–Kier alpha value is -2.84. The Morgan fingerprint density at radius 2 is 2.10 bits per heavy atom. The van der Waals surface area contributed by atoms with E-state index in [0.29, 0.717) is 11.3 Å². The van der Waals surface area contributed by atoms with Crippen LogP contribution in [-0.2, 0) is 0 Å². The van der Waals surface area contributed by atoms with Crippen molar-refractivity contribution in [3.8, 4) is 17.6 Å². The molecule has 0 aromatic heterocycles. The van der Waals surface area contributed by atoms with Crippen LogP contribution < -0.4 is 11.1 Å². The number of carbonyl (C=O) groups excluding carboxylic acids is 1. The molecule has 0 saturated carbocycles. The monoisotopic (exact) mass is 284 g/mol. The molecule has 4 N–H and O–H groups in total. The zero-order valence-corrected chi connectivity index (χ0v) is 11.1. The number of carbonyl (C=O) groups is 1. The van der Waals surface area contributed by atoms with Crippen molar-refractivity contribution in [1.82, 2.24) is 0 Å². The summed E-state index contributed by atoms with van der Waals surface area (Å²) < 4.78 is 13.1. The molecule has 0 aliphatic rings. The Balaban J connectivity index is 2.21. The molecule has 5 heteroatoms. The molecule has 0 heterocycles. The van der Waals surface area contributed by atoms with Gasteiger partial charge in [-0.25, -0.2) is 4.39 Å². The molecule has 0 aliphatic heterocycles. The lowest BCUT2D eigenvalue weighted by Crippen LogP contribution is -2.12. The van der Waals surface area contributed by atoms with Crippen molar-refractivity contribution in [3.63, 3.8) is 0 Å². The minimum absolute atomic E-state index is 0.131. The smallest absolute Gasteiger partial charge is 0.259 e. The number of hydrogen-bond donors (Lipinski definition) is 3. The summed E-state index contributed by atoms with van der Waals surface area (Å²) in [6, 6.07) is 10.0. The molecular weight excluding hydrogens is 271 g/mol. The largest absolute Gasteiger partial charge is 0.507 e. The van der Waals surface area contributed by atoms with E-state index >= 15 is 0 Å². The molecular formula is C16H13FN2O2. The van der Waals surface area contributed by atoms with Crippen LogP contribution >= 0.6 is 0 Å². The van der Waals surface area contributed by atoms with Gasteiger partial charge in [-0.3, -0.25) is 4.79 Å². The molecule has 2 aromatic carbocycles. The zero-order valence-electron chi connectivity index (χ0n) is 11.1. The maximum Gasteiger partial charge on any atom is 0.259 e. The molecule has 0 spiro atoms. The summed E-state index contributed by atoms with van der Waals surface area (Å²) in [7, 11) is 0. The van der Waals surface area contributed by atoms with Crippen LogP contribution in [0.5, 0.6) is 5.75 Å². The second kappa shape index (κ2) is 6.55. The van der Waals surface area contributed by atoms with Gasteiger partial charge in [-0.2, -0.15) is 0 Å². The van der Waals surface area contributed by atoms with Gasteiger partial charge in [-0.15, -0.1) is 0 Å². The summed E-state index contributed by atoms with van der Waals surface area (Å²) >= 11 is 0. The zero-order chi connectivity index (χ0) is 15.2. The summed E-state index contributed by atoms with van der Waals surface area (Å²) in [6.45, 7) is 0.244. The van der Waals surface area contributed by atoms with Gasteiger partial charge < -0.3 is 16.2 Å². The summed E-state index contributed by atoms with van der Waals surface area (Å²) in [5.74, 6) is 4.07. The van der Waals surface area contributed by atoms with Crippen molar-refractivity contribution in [3.05, 3.63) is 59.4 Å². The number of nitrogens with two attached hydrogens (primary N) is 1. The molecule has 0 unspecified atom stereocenters. The number of nitrogens with one attached hydrogen (secondary N) is 1. The van der Waals surface area contributed by atoms with Crippen LogP contribution in [0.3, 0.4) is 0 Å². The van der Waals surface area contributed by atoms with Crippen LogP contribution in [0.4, 0.5) is 10.1 Å². The number of benzene rings is 2. The van der Waals surface area contributed by atoms with E-state index in [1.807, 2.05) is 0 Å². The second-order valence-electron chi connectivity index (χ2n) is 4.20. The number of halogens is 1. The first-order valence-corrected chi connectivity index (χ1v) is 6.19. The van der Waals surface area contributed by atoms with E-state index in [-0.39, 0.29) is 17.9 Å². The van der Waals surface area contributed by atoms with Crippen LogP contribution in [-0.4, -0.2) is 17.6 Å². The van der Waals surface area contributed by atoms with E-state index in [0.717, 1.165) is 18.2 Å². The number of hydrogen-bond acceptors (Lipinski definition) is 3. The van der Waals surface area contributed by atoms with Crippen molar-refractivity contribution < 1.29 is 14.3 Å². The standard InChI is InChI=1S/C16H13FN2O2/c17-12-6-7-15(20)14(10-12)16(21)19-13-5-1-3-11(9-13)4-2-8-18/h1,3,5-7,9-10,20H,8,18H2,(H,19,21). The molecule has 0 atom stereocenters. The highest BCUT2D eigenvalue weighted by Gasteiger charge is 2.12. The molecule has 1 amide bonds. The van der Waals surface area contributed by atoms with E-state index in [1.54, 1.807) is 24.3 Å². The molecule has 106 valence electrons. The fraction of sp³-hybridized carbons (Fsp3) is 0.0625. The van der Waals surface area contributed by atoms with Crippen molar-refractivity contribution in [2.45, 2.75) is 0 Å². The Labute approximate surface area is 121 Å². The number of aromatic hydroxyl groups is 1. The van der Waals surface area contributed by atoms with Crippen LogP contribution in [0.2, 0.25) is 0 Å². The van der Waals surface area contributed by atoms with E-state index in [9.17, 15) is 14.3 Å². The number of phenolic OH excluding ortho intramolecular Hbond substituents is 1. The first-order valence-electron chi connectivity index (χ1n) is 6.19. The highest BCUT2D eigenvalue weighted by molar-refractivity contribution is 6.06. The topological polar surface area (TPSA) is 75.3 Å². The number of rotatable bonds is 2. The van der Waals surface area contributed by atoms with Gasteiger partial charge in [0.1, 0.15) is 11.6 Å². The molecule has 0 radical (unpaired) electrons. The van der Waals surface area contributed by atoms with Crippen LogP contribution in [0.15, 0.2) is 42.5 Å². The lowest BCUT2D eigenvalue weighted by molar-refractivity contribution is 0.102. The lowest BCUT2D eigenvalue weighted by atomic mass is 10.1. The minimum atomic E-state index is -0.601. The van der Waals surface area contributed by atoms with Crippen molar-refractivity contribution in [2.24, 2.45) is 5.73 Å². The van der Waals surface area contributed by atoms with Gasteiger partial charge in [0.2, 0.25) is 0 Å². The van der Waals surface area contributed by atoms with Crippen LogP contribution in [0.25, 0.3) is 0 Å². The van der Waals surface area contributed by atoms with E-state index in [1.165, 1.54) is 0 Å². The predicted octanol–water partition coefficient (Wildman–Crippen LogP) is 2.09. The number of anilines is 1. The van der Waals surface area contributed by atoms with Gasteiger partial charge in [0.05, 0.1) is 12.1 Å². The van der Waals surface area contributed by atoms with Crippen LogP contribution in [0.1, 0.15) is 15.9 Å². The van der Waals surface area contributed by atoms with Gasteiger partial charge in [0, 0.05) is 11.3 Å². The van der Waals surface area contributed by atoms with Gasteiger partial charge >= 0.3 is 0 Å². The lowest BCUT2D eigenvalue weighted by Gasteiger charge is -2.07. The SMILES string of the molecule is NCC#Cc1cccc(NC(=O)c2cc(F)ccc2O)c1. The molecule has 2 aromatic rings. The summed E-state index contributed by atoms with van der Waals surface area (Å²) in [6.07, 6.45) is 0. The Morgan fingerprint density at radius 3 is 2.86 bits per heavy atom. The molecule has 0 aliphatic carbocycles. The third-order valence-electron chi connectivity index (χ3n) is 2.66. The minimum Gasteiger partial charge on any atom is -0.507 e. The predicted molar refractivity (Wildman–Crippen MR) is 78.4 cm³/mol. The highest BCUT2D eigenvalue weighted by Crippen LogP contribution is 2.20. The van der Waals surface area contributed by atoms with E-state index < -0.39 is 11.7 Å². The highest BCUT2D eigenvalue weighted by atomic mass is 19.1. The third-order valence-corrected chi connectivity index (χ3v) is 2.66. The van der Waals surface area contributed by atoms with Gasteiger partial charge in [-0.05, 0) is 36.4 Å². The molecule has 0 fully saturated rings. The van der Waals surface area contributed by atoms with Gasteiger partial charge in [0.15, 0.2) is 0 Å². The van der Waals surface area contributed by atoms with Gasteiger partial charge in [-0.1, -0.05) is 17.9 Å². The molecule has 4 nitrogen and oxygen atoms in total. The summed E-state index contributed by atoms with van der Waals surface area (Å²) in [5, 5.41) is 12.2. The Morgan fingerprint density at radius 1 is 1.29 bits per heavy atom. The first-order chi connectivity index (χ1) is 10.1. The van der Waals surface area contributed by atoms with E-state index in [4.69, 9.17) is 5.73 Å². The van der Waals surface area contributed by atoms with Crippen molar-refractivity contribution in [1.29, 1.82) is 0 Å². The Bertz CT molecular complexity index is 733. The average molecular weight is 284 g/mol. The second-order valence-corrected chi connectivity index (χ2v) is 4.20. The number of phenols is 1. The maximum absolute atomic E-state index is 13.1. The molecule has 21 heavy (non-hydrogen) atoms. The van der Waals surface area contributed by atoms with Crippen LogP contribution in [0, 0.1) is 17.7 Å². The number of amides is 1. The Kier molecular flexibility index (Phi) is 4.54. The fourth-order valence-electron chi connectivity index (χ4n) is 1.72. The average Bonchev–Trinajstić information content (AvgIpc) is 2.48. The normalized spacial score (nSPS) is 9.62. The molecule has 2 rings (SSSR count). The maximum atomic E-state index is 13.1. The summed E-state index contributed by atoms with van der Waals surface area (Å²) in [5.41, 5.74) is 6.35.